The predicted molar refractivity (Wildman–Crippen MR) is 74.5 cm³/mol. The zero-order valence-electron chi connectivity index (χ0n) is 9.93. The number of thiophene rings is 1. The van der Waals surface area contributed by atoms with Crippen LogP contribution in [0.15, 0.2) is 41.3 Å². The Kier molecular flexibility index (Phi) is 4.25. The second-order valence-electron chi connectivity index (χ2n) is 3.94. The van der Waals surface area contributed by atoms with E-state index >= 15 is 0 Å². The molecule has 1 N–H and O–H groups in total. The van der Waals surface area contributed by atoms with Crippen LogP contribution < -0.4 is 4.72 Å². The first-order chi connectivity index (χ1) is 8.88. The average Bonchev–Trinajstić information content (AvgIpc) is 2.75. The first kappa shape index (κ1) is 14.5. The highest BCUT2D eigenvalue weighted by atomic mass is 35.5. The molecule has 2 aromatic rings. The van der Waals surface area contributed by atoms with Gasteiger partial charge in [-0.05, 0) is 37.3 Å². The first-order valence-electron chi connectivity index (χ1n) is 5.41. The lowest BCUT2D eigenvalue weighted by atomic mass is 10.3. The molecule has 1 aromatic heterocycles. The van der Waals surface area contributed by atoms with Crippen molar-refractivity contribution < 1.29 is 12.8 Å². The first-order valence-corrected chi connectivity index (χ1v) is 8.09. The summed E-state index contributed by atoms with van der Waals surface area (Å²) < 4.78 is 40.3. The van der Waals surface area contributed by atoms with Gasteiger partial charge in [-0.25, -0.2) is 17.5 Å². The van der Waals surface area contributed by atoms with Gasteiger partial charge in [-0.1, -0.05) is 17.7 Å². The molecule has 0 spiro atoms. The largest absolute Gasteiger partial charge is 0.241 e. The minimum Gasteiger partial charge on any atom is -0.207 e. The lowest BCUT2D eigenvalue weighted by molar-refractivity contribution is 0.565. The van der Waals surface area contributed by atoms with Crippen molar-refractivity contribution in [2.45, 2.75) is 17.9 Å². The number of nitrogens with one attached hydrogen (secondary N) is 1. The maximum atomic E-state index is 13.1. The average molecular weight is 320 g/mol. The zero-order valence-corrected chi connectivity index (χ0v) is 12.3. The smallest absolute Gasteiger partial charge is 0.207 e. The van der Waals surface area contributed by atoms with Gasteiger partial charge >= 0.3 is 0 Å². The van der Waals surface area contributed by atoms with E-state index in [4.69, 9.17) is 11.6 Å². The van der Waals surface area contributed by atoms with E-state index in [1.807, 2.05) is 0 Å². The van der Waals surface area contributed by atoms with Crippen molar-refractivity contribution in [1.82, 2.24) is 4.72 Å². The van der Waals surface area contributed by atoms with E-state index < -0.39 is 21.9 Å². The molecule has 19 heavy (non-hydrogen) atoms. The van der Waals surface area contributed by atoms with Crippen LogP contribution >= 0.6 is 22.9 Å². The molecule has 0 saturated carbocycles. The van der Waals surface area contributed by atoms with Gasteiger partial charge in [0.2, 0.25) is 10.0 Å². The Balaban J connectivity index is 2.22. The molecular weight excluding hydrogens is 309 g/mol. The van der Waals surface area contributed by atoms with Crippen LogP contribution in [0, 0.1) is 5.82 Å². The van der Waals surface area contributed by atoms with E-state index in [1.165, 1.54) is 29.5 Å². The molecule has 0 saturated heterocycles. The van der Waals surface area contributed by atoms with Gasteiger partial charge in [0.05, 0.1) is 15.3 Å². The molecular formula is C12H11ClFNO2S2. The minimum atomic E-state index is -3.75. The number of hydrogen-bond acceptors (Lipinski definition) is 3. The molecule has 0 radical (unpaired) electrons. The molecule has 0 unspecified atom stereocenters. The molecule has 0 fully saturated rings. The monoisotopic (exact) mass is 319 g/mol. The van der Waals surface area contributed by atoms with Crippen molar-refractivity contribution in [3.63, 3.8) is 0 Å². The van der Waals surface area contributed by atoms with Gasteiger partial charge in [-0.15, -0.1) is 11.3 Å². The van der Waals surface area contributed by atoms with Gasteiger partial charge in [0.25, 0.3) is 0 Å². The van der Waals surface area contributed by atoms with Crippen LogP contribution in [-0.2, 0) is 10.0 Å². The van der Waals surface area contributed by atoms with Crippen LogP contribution in [0.3, 0.4) is 0 Å². The molecule has 0 aliphatic heterocycles. The summed E-state index contributed by atoms with van der Waals surface area (Å²) in [5.74, 6) is -0.588. The van der Waals surface area contributed by atoms with E-state index in [9.17, 15) is 12.8 Å². The standard InChI is InChI=1S/C12H11ClFNO2S2/c1-8(11-5-6-12(13)18-11)15-19(16,17)10-4-2-3-9(14)7-10/h2-8,15H,1H3/t8-/m1/s1. The third-order valence-corrected chi connectivity index (χ3v) is 5.41. The van der Waals surface area contributed by atoms with Gasteiger partial charge in [0, 0.05) is 4.88 Å². The van der Waals surface area contributed by atoms with Gasteiger partial charge in [-0.3, -0.25) is 0 Å². The Bertz CT molecular complexity index is 685. The number of rotatable bonds is 4. The maximum absolute atomic E-state index is 13.1. The van der Waals surface area contributed by atoms with Crippen molar-refractivity contribution >= 4 is 33.0 Å². The summed E-state index contributed by atoms with van der Waals surface area (Å²) >= 11 is 7.10. The van der Waals surface area contributed by atoms with Crippen molar-refractivity contribution in [1.29, 1.82) is 0 Å². The Morgan fingerprint density at radius 1 is 1.32 bits per heavy atom. The molecule has 0 amide bonds. The summed E-state index contributed by atoms with van der Waals surface area (Å²) in [5.41, 5.74) is 0. The molecule has 1 aromatic carbocycles. The molecule has 0 aliphatic carbocycles. The molecule has 1 heterocycles. The SMILES string of the molecule is C[C@@H](NS(=O)(=O)c1cccc(F)c1)c1ccc(Cl)s1. The topological polar surface area (TPSA) is 46.2 Å². The van der Waals surface area contributed by atoms with E-state index in [0.29, 0.717) is 4.34 Å². The van der Waals surface area contributed by atoms with Crippen LogP contribution in [0.4, 0.5) is 4.39 Å². The minimum absolute atomic E-state index is 0.0954. The molecule has 0 bridgehead atoms. The molecule has 0 aliphatic rings. The molecule has 3 nitrogen and oxygen atoms in total. The lowest BCUT2D eigenvalue weighted by Crippen LogP contribution is -2.26. The van der Waals surface area contributed by atoms with Crippen LogP contribution in [0.1, 0.15) is 17.8 Å². The number of halogens is 2. The fraction of sp³-hybridized carbons (Fsp3) is 0.167. The van der Waals surface area contributed by atoms with Crippen molar-refractivity contribution in [2.75, 3.05) is 0 Å². The second kappa shape index (κ2) is 5.58. The summed E-state index contributed by atoms with van der Waals surface area (Å²) in [5, 5.41) is 0. The van der Waals surface area contributed by atoms with E-state index in [1.54, 1.807) is 19.1 Å². The van der Waals surface area contributed by atoms with E-state index in [0.717, 1.165) is 10.9 Å². The highest BCUT2D eigenvalue weighted by Crippen LogP contribution is 2.27. The zero-order chi connectivity index (χ0) is 14.0. The van der Waals surface area contributed by atoms with E-state index in [-0.39, 0.29) is 4.90 Å². The Labute approximate surface area is 120 Å². The summed E-state index contributed by atoms with van der Waals surface area (Å²) in [6, 6.07) is 7.92. The van der Waals surface area contributed by atoms with Gasteiger partial charge < -0.3 is 0 Å². The van der Waals surface area contributed by atoms with Gasteiger partial charge in [0.1, 0.15) is 5.82 Å². The summed E-state index contributed by atoms with van der Waals surface area (Å²) in [6.45, 7) is 1.71. The quantitative estimate of drug-likeness (QED) is 0.936. The van der Waals surface area contributed by atoms with Crippen LogP contribution in [0.25, 0.3) is 0 Å². The van der Waals surface area contributed by atoms with Crippen LogP contribution in [-0.4, -0.2) is 8.42 Å². The second-order valence-corrected chi connectivity index (χ2v) is 7.40. The Morgan fingerprint density at radius 2 is 2.05 bits per heavy atom. The fourth-order valence-corrected chi connectivity index (χ4v) is 3.95. The van der Waals surface area contributed by atoms with Crippen LogP contribution in [0.5, 0.6) is 0 Å². The fourth-order valence-electron chi connectivity index (χ4n) is 1.55. The van der Waals surface area contributed by atoms with Crippen molar-refractivity contribution in [3.05, 3.63) is 51.4 Å². The molecule has 2 rings (SSSR count). The molecule has 7 heteroatoms. The normalized spacial score (nSPS) is 13.4. The third-order valence-electron chi connectivity index (χ3n) is 2.46. The van der Waals surface area contributed by atoms with Gasteiger partial charge in [-0.2, -0.15) is 0 Å². The lowest BCUT2D eigenvalue weighted by Gasteiger charge is -2.12. The number of hydrogen-bond donors (Lipinski definition) is 1. The highest BCUT2D eigenvalue weighted by Gasteiger charge is 2.19. The van der Waals surface area contributed by atoms with Crippen molar-refractivity contribution in [3.8, 4) is 0 Å². The highest BCUT2D eigenvalue weighted by molar-refractivity contribution is 7.89. The summed E-state index contributed by atoms with van der Waals surface area (Å²) in [7, 11) is -3.75. The maximum Gasteiger partial charge on any atom is 0.241 e. The Hall–Kier alpha value is -0.950. The van der Waals surface area contributed by atoms with Crippen LogP contribution in [0.2, 0.25) is 4.34 Å². The Morgan fingerprint density at radius 3 is 2.63 bits per heavy atom. The summed E-state index contributed by atoms with van der Waals surface area (Å²) in [6.07, 6.45) is 0. The van der Waals surface area contributed by atoms with Crippen molar-refractivity contribution in [2.24, 2.45) is 0 Å². The van der Waals surface area contributed by atoms with E-state index in [2.05, 4.69) is 4.72 Å². The predicted octanol–water partition coefficient (Wildman–Crippen LogP) is 3.58. The third kappa shape index (κ3) is 3.54. The van der Waals surface area contributed by atoms with Gasteiger partial charge in [0.15, 0.2) is 0 Å². The summed E-state index contributed by atoms with van der Waals surface area (Å²) in [4.78, 5) is 0.701. The molecule has 1 atom stereocenters. The number of benzene rings is 1. The molecule has 102 valence electrons. The number of sulfonamides is 1.